The SMILES string of the molecule is CCOC(=O)C(Nc1ccc(C(=N)N)cc1)c1cc(CC)cc(OCC(C)C)c1. The molecule has 0 aromatic heterocycles. The number of ether oxygens (including phenoxy) is 2. The Balaban J connectivity index is 2.36. The van der Waals surface area contributed by atoms with Gasteiger partial charge in [-0.25, -0.2) is 4.79 Å². The first kappa shape index (κ1) is 22.3. The molecule has 2 rings (SSSR count). The zero-order valence-electron chi connectivity index (χ0n) is 17.6. The minimum absolute atomic E-state index is 0.00100. The van der Waals surface area contributed by atoms with Crippen LogP contribution in [0.5, 0.6) is 5.75 Å². The number of benzene rings is 2. The molecule has 0 saturated heterocycles. The van der Waals surface area contributed by atoms with Crippen molar-refractivity contribution in [3.63, 3.8) is 0 Å². The molecular formula is C23H31N3O3. The molecule has 2 aromatic carbocycles. The highest BCUT2D eigenvalue weighted by Gasteiger charge is 2.23. The Morgan fingerprint density at radius 3 is 2.38 bits per heavy atom. The molecule has 0 amide bonds. The number of hydrogen-bond acceptors (Lipinski definition) is 5. The molecule has 0 saturated carbocycles. The van der Waals surface area contributed by atoms with Gasteiger partial charge in [-0.3, -0.25) is 5.41 Å². The van der Waals surface area contributed by atoms with Crippen molar-refractivity contribution in [2.45, 2.75) is 40.2 Å². The van der Waals surface area contributed by atoms with Gasteiger partial charge in [-0.05, 0) is 66.8 Å². The zero-order valence-corrected chi connectivity index (χ0v) is 17.6. The Kier molecular flexibility index (Phi) is 8.07. The highest BCUT2D eigenvalue weighted by atomic mass is 16.5. The summed E-state index contributed by atoms with van der Waals surface area (Å²) >= 11 is 0. The molecule has 29 heavy (non-hydrogen) atoms. The largest absolute Gasteiger partial charge is 0.493 e. The number of anilines is 1. The van der Waals surface area contributed by atoms with Crippen LogP contribution in [-0.4, -0.2) is 25.0 Å². The summed E-state index contributed by atoms with van der Waals surface area (Å²) in [7, 11) is 0. The van der Waals surface area contributed by atoms with E-state index in [0.717, 1.165) is 29.0 Å². The van der Waals surface area contributed by atoms with E-state index in [1.165, 1.54) is 0 Å². The fourth-order valence-corrected chi connectivity index (χ4v) is 2.82. The molecule has 0 radical (unpaired) electrons. The standard InChI is InChI=1S/C23H31N3O3/c1-5-16-11-18(13-20(12-16)29-14-15(3)4)21(23(27)28-6-2)26-19-9-7-17(8-10-19)22(24)25/h7-13,15,21,26H,5-6,14H2,1-4H3,(H3,24,25). The Bertz CT molecular complexity index is 832. The van der Waals surface area contributed by atoms with Crippen molar-refractivity contribution in [2.75, 3.05) is 18.5 Å². The number of nitrogens with two attached hydrogens (primary N) is 1. The summed E-state index contributed by atoms with van der Waals surface area (Å²) in [6.07, 6.45) is 0.828. The van der Waals surface area contributed by atoms with Crippen LogP contribution in [0.4, 0.5) is 5.69 Å². The monoisotopic (exact) mass is 397 g/mol. The van der Waals surface area contributed by atoms with Crippen LogP contribution in [-0.2, 0) is 16.0 Å². The first-order valence-corrected chi connectivity index (χ1v) is 9.98. The van der Waals surface area contributed by atoms with Gasteiger partial charge in [-0.15, -0.1) is 0 Å². The molecule has 4 N–H and O–H groups in total. The van der Waals surface area contributed by atoms with Crippen molar-refractivity contribution in [1.82, 2.24) is 0 Å². The molecule has 1 atom stereocenters. The Morgan fingerprint density at radius 2 is 1.83 bits per heavy atom. The van der Waals surface area contributed by atoms with Gasteiger partial charge in [0.25, 0.3) is 0 Å². The maximum atomic E-state index is 12.7. The number of rotatable bonds is 10. The predicted molar refractivity (Wildman–Crippen MR) is 117 cm³/mol. The van der Waals surface area contributed by atoms with Crippen molar-refractivity contribution >= 4 is 17.5 Å². The van der Waals surface area contributed by atoms with E-state index in [-0.39, 0.29) is 11.8 Å². The summed E-state index contributed by atoms with van der Waals surface area (Å²) < 4.78 is 11.2. The average Bonchev–Trinajstić information content (AvgIpc) is 2.70. The van der Waals surface area contributed by atoms with Gasteiger partial charge in [0.2, 0.25) is 0 Å². The van der Waals surface area contributed by atoms with Gasteiger partial charge in [-0.2, -0.15) is 0 Å². The fraction of sp³-hybridized carbons (Fsp3) is 0.391. The minimum Gasteiger partial charge on any atom is -0.493 e. The number of nitrogens with one attached hydrogen (secondary N) is 2. The van der Waals surface area contributed by atoms with E-state index >= 15 is 0 Å². The average molecular weight is 398 g/mol. The van der Waals surface area contributed by atoms with Crippen molar-refractivity contribution in [2.24, 2.45) is 11.7 Å². The number of nitrogen functional groups attached to an aromatic ring is 1. The maximum absolute atomic E-state index is 12.7. The molecule has 0 aliphatic heterocycles. The van der Waals surface area contributed by atoms with E-state index < -0.39 is 6.04 Å². The Hall–Kier alpha value is -3.02. The molecule has 0 fully saturated rings. The minimum atomic E-state index is -0.675. The molecule has 156 valence electrons. The number of esters is 1. The van der Waals surface area contributed by atoms with Crippen LogP contribution in [0.25, 0.3) is 0 Å². The van der Waals surface area contributed by atoms with Crippen LogP contribution in [0.3, 0.4) is 0 Å². The van der Waals surface area contributed by atoms with Gasteiger partial charge in [0.1, 0.15) is 11.6 Å². The van der Waals surface area contributed by atoms with Crippen molar-refractivity contribution in [1.29, 1.82) is 5.41 Å². The van der Waals surface area contributed by atoms with Gasteiger partial charge in [-0.1, -0.05) is 26.8 Å². The van der Waals surface area contributed by atoms with Crippen LogP contribution in [0.2, 0.25) is 0 Å². The van der Waals surface area contributed by atoms with Crippen LogP contribution in [0.15, 0.2) is 42.5 Å². The molecule has 1 unspecified atom stereocenters. The molecule has 2 aromatic rings. The zero-order chi connectivity index (χ0) is 21.4. The molecule has 6 heteroatoms. The highest BCUT2D eigenvalue weighted by molar-refractivity contribution is 5.95. The third kappa shape index (κ3) is 6.52. The van der Waals surface area contributed by atoms with Gasteiger partial charge < -0.3 is 20.5 Å². The topological polar surface area (TPSA) is 97.4 Å². The van der Waals surface area contributed by atoms with E-state index in [0.29, 0.717) is 24.7 Å². The summed E-state index contributed by atoms with van der Waals surface area (Å²) in [6, 6.07) is 12.3. The summed E-state index contributed by atoms with van der Waals surface area (Å²) in [5, 5.41) is 10.8. The lowest BCUT2D eigenvalue weighted by Gasteiger charge is -2.21. The second kappa shape index (κ2) is 10.5. The molecule has 6 nitrogen and oxygen atoms in total. The van der Waals surface area contributed by atoms with Crippen LogP contribution >= 0.6 is 0 Å². The summed E-state index contributed by atoms with van der Waals surface area (Å²) in [6.45, 7) is 8.95. The molecule has 0 spiro atoms. The number of hydrogen-bond donors (Lipinski definition) is 3. The van der Waals surface area contributed by atoms with E-state index in [4.69, 9.17) is 20.6 Å². The molecular weight excluding hydrogens is 366 g/mol. The molecule has 0 aliphatic carbocycles. The lowest BCUT2D eigenvalue weighted by atomic mass is 10.0. The van der Waals surface area contributed by atoms with Crippen LogP contribution < -0.4 is 15.8 Å². The van der Waals surface area contributed by atoms with E-state index in [2.05, 4.69) is 26.1 Å². The first-order chi connectivity index (χ1) is 13.8. The first-order valence-electron chi connectivity index (χ1n) is 9.98. The second-order valence-electron chi connectivity index (χ2n) is 7.29. The van der Waals surface area contributed by atoms with Crippen molar-refractivity contribution in [3.8, 4) is 5.75 Å². The number of aryl methyl sites for hydroxylation is 1. The van der Waals surface area contributed by atoms with Crippen molar-refractivity contribution in [3.05, 3.63) is 59.2 Å². The van der Waals surface area contributed by atoms with Crippen LogP contribution in [0.1, 0.15) is 50.4 Å². The molecule has 0 aliphatic rings. The third-order valence-corrected chi connectivity index (χ3v) is 4.34. The predicted octanol–water partition coefficient (Wildman–Crippen LogP) is 4.28. The third-order valence-electron chi connectivity index (χ3n) is 4.34. The van der Waals surface area contributed by atoms with Crippen LogP contribution in [0, 0.1) is 11.3 Å². The lowest BCUT2D eigenvalue weighted by molar-refractivity contribution is -0.144. The summed E-state index contributed by atoms with van der Waals surface area (Å²) in [4.78, 5) is 12.7. The van der Waals surface area contributed by atoms with Gasteiger partial charge in [0.05, 0.1) is 13.2 Å². The molecule has 0 heterocycles. The summed E-state index contributed by atoms with van der Waals surface area (Å²) in [5.41, 5.74) is 8.75. The number of carbonyl (C=O) groups is 1. The van der Waals surface area contributed by atoms with Gasteiger partial charge >= 0.3 is 5.97 Å². The summed E-state index contributed by atoms with van der Waals surface area (Å²) in [5.74, 6) is 0.797. The number of carbonyl (C=O) groups excluding carboxylic acids is 1. The highest BCUT2D eigenvalue weighted by Crippen LogP contribution is 2.27. The number of amidine groups is 1. The van der Waals surface area contributed by atoms with Gasteiger partial charge in [0.15, 0.2) is 6.04 Å². The normalized spacial score (nSPS) is 11.8. The molecule has 0 bridgehead atoms. The van der Waals surface area contributed by atoms with Gasteiger partial charge in [0, 0.05) is 11.3 Å². The second-order valence-corrected chi connectivity index (χ2v) is 7.29. The Labute approximate surface area is 172 Å². The lowest BCUT2D eigenvalue weighted by Crippen LogP contribution is -2.24. The van der Waals surface area contributed by atoms with E-state index in [9.17, 15) is 4.79 Å². The quantitative estimate of drug-likeness (QED) is 0.316. The van der Waals surface area contributed by atoms with Crippen molar-refractivity contribution < 1.29 is 14.3 Å². The van der Waals surface area contributed by atoms with E-state index in [1.54, 1.807) is 31.2 Å². The van der Waals surface area contributed by atoms with E-state index in [1.807, 2.05) is 18.2 Å². The maximum Gasteiger partial charge on any atom is 0.333 e. The Morgan fingerprint density at radius 1 is 1.14 bits per heavy atom. The smallest absolute Gasteiger partial charge is 0.333 e. The fourth-order valence-electron chi connectivity index (χ4n) is 2.82.